The highest BCUT2D eigenvalue weighted by atomic mass is 35.5. The number of thioether (sulfide) groups is 1. The van der Waals surface area contributed by atoms with E-state index < -0.39 is 0 Å². The Morgan fingerprint density at radius 3 is 2.79 bits per heavy atom. The molecule has 3 rings (SSSR count). The number of para-hydroxylation sites is 1. The van der Waals surface area contributed by atoms with E-state index in [0.717, 1.165) is 12.0 Å². The third kappa shape index (κ3) is 4.75. The molecule has 0 spiro atoms. The van der Waals surface area contributed by atoms with E-state index in [1.54, 1.807) is 16.7 Å². The molecule has 0 saturated heterocycles. The molecule has 0 bridgehead atoms. The van der Waals surface area contributed by atoms with Crippen LogP contribution in [0.3, 0.4) is 0 Å². The quantitative estimate of drug-likeness (QED) is 0.458. The highest BCUT2D eigenvalue weighted by Gasteiger charge is 2.14. The maximum atomic E-state index is 12.8. The lowest BCUT2D eigenvalue weighted by Crippen LogP contribution is -2.29. The van der Waals surface area contributed by atoms with Gasteiger partial charge in [-0.3, -0.25) is 14.2 Å². The SMILES string of the molecule is CCCn1c(SCC(=O)N[C@@H](C)c2cccc(Cl)c2)nc2ccccc2c1=O. The molecule has 0 fully saturated rings. The van der Waals surface area contributed by atoms with Gasteiger partial charge in [-0.25, -0.2) is 4.98 Å². The van der Waals surface area contributed by atoms with Gasteiger partial charge in [0.05, 0.1) is 22.7 Å². The number of fused-ring (bicyclic) bond motifs is 1. The van der Waals surface area contributed by atoms with Gasteiger partial charge >= 0.3 is 0 Å². The summed E-state index contributed by atoms with van der Waals surface area (Å²) in [5.74, 6) is 0.0577. The molecule has 0 unspecified atom stereocenters. The summed E-state index contributed by atoms with van der Waals surface area (Å²) in [6.07, 6.45) is 0.811. The molecule has 1 atom stereocenters. The first-order valence-electron chi connectivity index (χ1n) is 9.16. The first-order valence-corrected chi connectivity index (χ1v) is 10.5. The van der Waals surface area contributed by atoms with Crippen LogP contribution in [0.5, 0.6) is 0 Å². The molecular formula is C21H22ClN3O2S. The second kappa shape index (κ2) is 9.26. The molecule has 146 valence electrons. The van der Waals surface area contributed by atoms with Crippen LogP contribution in [0.4, 0.5) is 0 Å². The molecule has 1 aromatic heterocycles. The van der Waals surface area contributed by atoms with Crippen molar-refractivity contribution in [1.82, 2.24) is 14.9 Å². The third-order valence-electron chi connectivity index (χ3n) is 4.33. The lowest BCUT2D eigenvalue weighted by atomic mass is 10.1. The first-order chi connectivity index (χ1) is 13.5. The van der Waals surface area contributed by atoms with Crippen molar-refractivity contribution in [2.24, 2.45) is 0 Å². The number of nitrogens with zero attached hydrogens (tertiary/aromatic N) is 2. The van der Waals surface area contributed by atoms with Crippen LogP contribution in [0.1, 0.15) is 31.9 Å². The molecular weight excluding hydrogens is 394 g/mol. The highest BCUT2D eigenvalue weighted by Crippen LogP contribution is 2.20. The van der Waals surface area contributed by atoms with Crippen LogP contribution >= 0.6 is 23.4 Å². The summed E-state index contributed by atoms with van der Waals surface area (Å²) in [5.41, 5.74) is 1.52. The molecule has 7 heteroatoms. The summed E-state index contributed by atoms with van der Waals surface area (Å²) in [7, 11) is 0. The second-order valence-electron chi connectivity index (χ2n) is 6.50. The van der Waals surface area contributed by atoms with E-state index in [-0.39, 0.29) is 23.3 Å². The van der Waals surface area contributed by atoms with Gasteiger partial charge in [-0.2, -0.15) is 0 Å². The van der Waals surface area contributed by atoms with Gasteiger partial charge in [-0.1, -0.05) is 54.6 Å². The number of hydrogen-bond donors (Lipinski definition) is 1. The molecule has 28 heavy (non-hydrogen) atoms. The highest BCUT2D eigenvalue weighted by molar-refractivity contribution is 7.99. The summed E-state index contributed by atoms with van der Waals surface area (Å²) in [5, 5.41) is 4.76. The van der Waals surface area contributed by atoms with Crippen molar-refractivity contribution >= 4 is 40.2 Å². The number of carbonyl (C=O) groups excluding carboxylic acids is 1. The van der Waals surface area contributed by atoms with Crippen molar-refractivity contribution in [3.63, 3.8) is 0 Å². The predicted molar refractivity (Wildman–Crippen MR) is 115 cm³/mol. The Morgan fingerprint density at radius 1 is 1.25 bits per heavy atom. The average molecular weight is 416 g/mol. The summed E-state index contributed by atoms with van der Waals surface area (Å²) in [4.78, 5) is 29.8. The smallest absolute Gasteiger partial charge is 0.262 e. The second-order valence-corrected chi connectivity index (χ2v) is 7.88. The minimum absolute atomic E-state index is 0.0670. The summed E-state index contributed by atoms with van der Waals surface area (Å²) < 4.78 is 1.65. The van der Waals surface area contributed by atoms with E-state index in [1.807, 2.05) is 50.2 Å². The van der Waals surface area contributed by atoms with Crippen LogP contribution in [-0.2, 0) is 11.3 Å². The normalized spacial score (nSPS) is 12.1. The van der Waals surface area contributed by atoms with Crippen molar-refractivity contribution in [3.8, 4) is 0 Å². The Kier molecular flexibility index (Phi) is 6.75. The number of hydrogen-bond acceptors (Lipinski definition) is 4. The maximum Gasteiger partial charge on any atom is 0.262 e. The summed E-state index contributed by atoms with van der Waals surface area (Å²) >= 11 is 7.30. The lowest BCUT2D eigenvalue weighted by Gasteiger charge is -2.15. The van der Waals surface area contributed by atoms with E-state index in [1.165, 1.54) is 11.8 Å². The minimum atomic E-state index is -0.158. The van der Waals surface area contributed by atoms with Crippen LogP contribution in [0, 0.1) is 0 Å². The van der Waals surface area contributed by atoms with Crippen molar-refractivity contribution < 1.29 is 4.79 Å². The molecule has 0 aliphatic heterocycles. The standard InChI is InChI=1S/C21H22ClN3O2S/c1-3-11-25-20(27)17-9-4-5-10-18(17)24-21(25)28-13-19(26)23-14(2)15-7-6-8-16(22)12-15/h4-10,12,14H,3,11,13H2,1-2H3,(H,23,26)/t14-/m0/s1. The first kappa shape index (κ1) is 20.4. The fourth-order valence-corrected chi connectivity index (χ4v) is 3.99. The monoisotopic (exact) mass is 415 g/mol. The molecule has 2 aromatic carbocycles. The predicted octanol–water partition coefficient (Wildman–Crippen LogP) is 4.43. The van der Waals surface area contributed by atoms with Gasteiger partial charge in [0.25, 0.3) is 5.56 Å². The van der Waals surface area contributed by atoms with Gasteiger partial charge in [0, 0.05) is 11.6 Å². The zero-order chi connectivity index (χ0) is 20.1. The number of nitrogens with one attached hydrogen (secondary N) is 1. The van der Waals surface area contributed by atoms with E-state index >= 15 is 0 Å². The Bertz CT molecular complexity index is 1050. The van der Waals surface area contributed by atoms with Gasteiger partial charge in [0.15, 0.2) is 5.16 Å². The van der Waals surface area contributed by atoms with Crippen LogP contribution in [0.25, 0.3) is 10.9 Å². The van der Waals surface area contributed by atoms with Crippen molar-refractivity contribution in [1.29, 1.82) is 0 Å². The van der Waals surface area contributed by atoms with Gasteiger partial charge in [-0.15, -0.1) is 0 Å². The zero-order valence-corrected chi connectivity index (χ0v) is 17.4. The fourth-order valence-electron chi connectivity index (χ4n) is 2.95. The molecule has 0 saturated carbocycles. The van der Waals surface area contributed by atoms with Crippen LogP contribution in [0.15, 0.2) is 58.5 Å². The van der Waals surface area contributed by atoms with Crippen molar-refractivity contribution in [3.05, 3.63) is 69.5 Å². The minimum Gasteiger partial charge on any atom is -0.349 e. The van der Waals surface area contributed by atoms with Crippen molar-refractivity contribution in [2.75, 3.05) is 5.75 Å². The largest absolute Gasteiger partial charge is 0.349 e. The fraction of sp³-hybridized carbons (Fsp3) is 0.286. The third-order valence-corrected chi connectivity index (χ3v) is 5.54. The molecule has 0 aliphatic carbocycles. The van der Waals surface area contributed by atoms with Gasteiger partial charge in [0.1, 0.15) is 0 Å². The van der Waals surface area contributed by atoms with Crippen LogP contribution in [0.2, 0.25) is 5.02 Å². The van der Waals surface area contributed by atoms with E-state index in [4.69, 9.17) is 11.6 Å². The van der Waals surface area contributed by atoms with Crippen LogP contribution in [-0.4, -0.2) is 21.2 Å². The van der Waals surface area contributed by atoms with E-state index in [2.05, 4.69) is 10.3 Å². The molecule has 3 aromatic rings. The van der Waals surface area contributed by atoms with Crippen molar-refractivity contribution in [2.45, 2.75) is 38.0 Å². The van der Waals surface area contributed by atoms with Gasteiger partial charge in [-0.05, 0) is 43.2 Å². The van der Waals surface area contributed by atoms with Gasteiger partial charge < -0.3 is 5.32 Å². The topological polar surface area (TPSA) is 64.0 Å². The zero-order valence-electron chi connectivity index (χ0n) is 15.8. The Labute approximate surface area is 173 Å². The number of carbonyl (C=O) groups is 1. The molecule has 0 aliphatic rings. The number of benzene rings is 2. The summed E-state index contributed by atoms with van der Waals surface area (Å²) in [6.45, 7) is 4.49. The molecule has 5 nitrogen and oxygen atoms in total. The van der Waals surface area contributed by atoms with Gasteiger partial charge in [0.2, 0.25) is 5.91 Å². The van der Waals surface area contributed by atoms with E-state index in [9.17, 15) is 9.59 Å². The Morgan fingerprint density at radius 2 is 2.04 bits per heavy atom. The lowest BCUT2D eigenvalue weighted by molar-refractivity contribution is -0.119. The molecule has 1 N–H and O–H groups in total. The number of amides is 1. The Hall–Kier alpha value is -2.31. The number of rotatable bonds is 7. The van der Waals surface area contributed by atoms with E-state index in [0.29, 0.717) is 27.6 Å². The maximum absolute atomic E-state index is 12.8. The molecule has 0 radical (unpaired) electrons. The number of aromatic nitrogens is 2. The van der Waals surface area contributed by atoms with Crippen LogP contribution < -0.4 is 10.9 Å². The number of halogens is 1. The molecule has 1 heterocycles. The molecule has 1 amide bonds. The average Bonchev–Trinajstić information content (AvgIpc) is 2.69. The Balaban J connectivity index is 1.74. The summed E-state index contributed by atoms with van der Waals surface area (Å²) in [6, 6.07) is 14.5.